The molecular formula is C15H17ClN2O2S. The number of amides is 1. The summed E-state index contributed by atoms with van der Waals surface area (Å²) in [6.45, 7) is 5.42. The number of hydrogen-bond acceptors (Lipinski definition) is 4. The fraction of sp³-hybridized carbons (Fsp3) is 0.267. The minimum Gasteiger partial charge on any atom is -0.444 e. The average Bonchev–Trinajstić information content (AvgIpc) is 2.76. The summed E-state index contributed by atoms with van der Waals surface area (Å²) in [7, 11) is 0. The lowest BCUT2D eigenvalue weighted by Crippen LogP contribution is -2.27. The number of nitrogens with one attached hydrogen (secondary N) is 1. The molecule has 2 rings (SSSR count). The molecule has 0 spiro atoms. The molecule has 112 valence electrons. The van der Waals surface area contributed by atoms with E-state index in [-0.39, 0.29) is 0 Å². The van der Waals surface area contributed by atoms with E-state index >= 15 is 0 Å². The normalized spacial score (nSPS) is 11.2. The second-order valence-corrected chi connectivity index (χ2v) is 7.25. The molecule has 0 atom stereocenters. The quantitative estimate of drug-likeness (QED) is 0.764. The summed E-state index contributed by atoms with van der Waals surface area (Å²) in [6, 6.07) is 9.20. The van der Waals surface area contributed by atoms with Crippen LogP contribution in [-0.2, 0) is 4.74 Å². The van der Waals surface area contributed by atoms with Crippen molar-refractivity contribution in [2.75, 3.05) is 11.1 Å². The van der Waals surface area contributed by atoms with E-state index in [0.29, 0.717) is 11.4 Å². The second kappa shape index (κ2) is 5.95. The number of rotatable bonds is 2. The molecule has 0 aliphatic carbocycles. The lowest BCUT2D eigenvalue weighted by molar-refractivity contribution is 0.0636. The van der Waals surface area contributed by atoms with Gasteiger partial charge in [-0.1, -0.05) is 17.7 Å². The second-order valence-electron chi connectivity index (χ2n) is 5.53. The molecule has 0 saturated carbocycles. The number of ether oxygens (including phenoxy) is 1. The molecule has 0 fully saturated rings. The Labute approximate surface area is 132 Å². The molecule has 1 aromatic carbocycles. The summed E-state index contributed by atoms with van der Waals surface area (Å²) >= 11 is 7.40. The Morgan fingerprint density at radius 2 is 2.00 bits per heavy atom. The molecule has 0 radical (unpaired) electrons. The number of benzene rings is 1. The Morgan fingerprint density at radius 1 is 1.29 bits per heavy atom. The first-order chi connectivity index (χ1) is 9.74. The van der Waals surface area contributed by atoms with E-state index in [2.05, 4.69) is 5.32 Å². The Balaban J connectivity index is 2.15. The Morgan fingerprint density at radius 3 is 2.52 bits per heavy atom. The maximum atomic E-state index is 11.7. The summed E-state index contributed by atoms with van der Waals surface area (Å²) in [5.41, 5.74) is 7.39. The van der Waals surface area contributed by atoms with Gasteiger partial charge in [0.2, 0.25) is 0 Å². The first kappa shape index (κ1) is 15.7. The van der Waals surface area contributed by atoms with Crippen molar-refractivity contribution >= 4 is 40.4 Å². The van der Waals surface area contributed by atoms with Crippen LogP contribution in [0.15, 0.2) is 30.3 Å². The van der Waals surface area contributed by atoms with E-state index < -0.39 is 11.7 Å². The van der Waals surface area contributed by atoms with Gasteiger partial charge in [-0.2, -0.15) is 0 Å². The third-order valence-corrected chi connectivity index (χ3v) is 3.83. The molecule has 1 aromatic heterocycles. The molecule has 0 saturated heterocycles. The Kier molecular flexibility index (Phi) is 4.44. The van der Waals surface area contributed by atoms with Gasteiger partial charge in [0.25, 0.3) is 0 Å². The van der Waals surface area contributed by atoms with E-state index in [1.54, 1.807) is 32.9 Å². The van der Waals surface area contributed by atoms with Crippen LogP contribution >= 0.6 is 22.9 Å². The number of halogens is 1. The molecule has 1 heterocycles. The monoisotopic (exact) mass is 324 g/mol. The van der Waals surface area contributed by atoms with Crippen LogP contribution in [0.4, 0.5) is 16.2 Å². The zero-order chi connectivity index (χ0) is 15.6. The predicted octanol–water partition coefficient (Wildman–Crippen LogP) is 5.00. The van der Waals surface area contributed by atoms with E-state index in [4.69, 9.17) is 22.1 Å². The molecule has 4 nitrogen and oxygen atoms in total. The fourth-order valence-corrected chi connectivity index (χ4v) is 2.75. The van der Waals surface area contributed by atoms with Crippen LogP contribution in [0.25, 0.3) is 10.4 Å². The first-order valence-electron chi connectivity index (χ1n) is 6.40. The Hall–Kier alpha value is -1.72. The van der Waals surface area contributed by atoms with Crippen molar-refractivity contribution in [3.05, 3.63) is 34.7 Å². The zero-order valence-corrected chi connectivity index (χ0v) is 13.6. The molecule has 0 unspecified atom stereocenters. The highest BCUT2D eigenvalue weighted by atomic mass is 35.5. The van der Waals surface area contributed by atoms with Crippen molar-refractivity contribution in [3.8, 4) is 10.4 Å². The molecule has 0 bridgehead atoms. The number of carbonyl (C=O) groups is 1. The number of thiophene rings is 1. The van der Waals surface area contributed by atoms with Gasteiger partial charge in [0.1, 0.15) is 5.60 Å². The van der Waals surface area contributed by atoms with Crippen molar-refractivity contribution in [2.24, 2.45) is 0 Å². The smallest absolute Gasteiger partial charge is 0.412 e. The van der Waals surface area contributed by atoms with Gasteiger partial charge in [0, 0.05) is 4.88 Å². The maximum Gasteiger partial charge on any atom is 0.412 e. The van der Waals surface area contributed by atoms with Crippen LogP contribution in [-0.4, -0.2) is 11.7 Å². The summed E-state index contributed by atoms with van der Waals surface area (Å²) in [4.78, 5) is 12.8. The molecular weight excluding hydrogens is 308 g/mol. The summed E-state index contributed by atoms with van der Waals surface area (Å²) < 4.78 is 5.92. The van der Waals surface area contributed by atoms with Gasteiger partial charge in [-0.3, -0.25) is 5.32 Å². The van der Waals surface area contributed by atoms with Gasteiger partial charge in [-0.05, 0) is 50.6 Å². The van der Waals surface area contributed by atoms with Gasteiger partial charge in [-0.25, -0.2) is 4.79 Å². The SMILES string of the molecule is CC(C)(C)OC(=O)Nc1ccc(-c2ccc(Cl)s2)cc1N. The largest absolute Gasteiger partial charge is 0.444 e. The zero-order valence-electron chi connectivity index (χ0n) is 12.1. The molecule has 6 heteroatoms. The number of carbonyl (C=O) groups excluding carboxylic acids is 1. The van der Waals surface area contributed by atoms with E-state index in [1.165, 1.54) is 11.3 Å². The summed E-state index contributed by atoms with van der Waals surface area (Å²) in [6.07, 6.45) is -0.527. The molecule has 21 heavy (non-hydrogen) atoms. The van der Waals surface area contributed by atoms with Crippen molar-refractivity contribution < 1.29 is 9.53 Å². The lowest BCUT2D eigenvalue weighted by atomic mass is 10.1. The van der Waals surface area contributed by atoms with Crippen molar-refractivity contribution in [1.82, 2.24) is 0 Å². The van der Waals surface area contributed by atoms with Crippen LogP contribution in [0, 0.1) is 0 Å². The van der Waals surface area contributed by atoms with E-state index in [0.717, 1.165) is 14.8 Å². The number of nitrogen functional groups attached to an aromatic ring is 1. The van der Waals surface area contributed by atoms with Crippen LogP contribution < -0.4 is 11.1 Å². The molecule has 3 N–H and O–H groups in total. The van der Waals surface area contributed by atoms with Gasteiger partial charge >= 0.3 is 6.09 Å². The minimum absolute atomic E-state index is 0.475. The first-order valence-corrected chi connectivity index (χ1v) is 7.59. The maximum absolute atomic E-state index is 11.7. The van der Waals surface area contributed by atoms with Crippen molar-refractivity contribution in [3.63, 3.8) is 0 Å². The summed E-state index contributed by atoms with van der Waals surface area (Å²) in [5, 5.41) is 2.64. The van der Waals surface area contributed by atoms with Crippen LogP contribution in [0.3, 0.4) is 0 Å². The standard InChI is InChI=1S/C15H17ClN2O2S/c1-15(2,3)20-14(19)18-11-5-4-9(8-10(11)17)12-6-7-13(16)21-12/h4-8H,17H2,1-3H3,(H,18,19). The van der Waals surface area contributed by atoms with E-state index in [9.17, 15) is 4.79 Å². The van der Waals surface area contributed by atoms with Crippen molar-refractivity contribution in [1.29, 1.82) is 0 Å². The summed E-state index contributed by atoms with van der Waals surface area (Å²) in [5.74, 6) is 0. The highest BCUT2D eigenvalue weighted by Gasteiger charge is 2.17. The third kappa shape index (κ3) is 4.37. The van der Waals surface area contributed by atoms with Gasteiger partial charge in [0.15, 0.2) is 0 Å². The highest BCUT2D eigenvalue weighted by Crippen LogP contribution is 2.33. The predicted molar refractivity (Wildman–Crippen MR) is 89.0 cm³/mol. The molecule has 1 amide bonds. The lowest BCUT2D eigenvalue weighted by Gasteiger charge is -2.20. The number of anilines is 2. The minimum atomic E-state index is -0.549. The third-order valence-electron chi connectivity index (χ3n) is 2.54. The number of nitrogens with two attached hydrogens (primary N) is 1. The average molecular weight is 325 g/mol. The topological polar surface area (TPSA) is 64.3 Å². The Bertz CT molecular complexity index is 662. The highest BCUT2D eigenvalue weighted by molar-refractivity contribution is 7.19. The van der Waals surface area contributed by atoms with Gasteiger partial charge in [0.05, 0.1) is 15.7 Å². The van der Waals surface area contributed by atoms with Gasteiger partial charge < -0.3 is 10.5 Å². The fourth-order valence-electron chi connectivity index (χ4n) is 1.71. The van der Waals surface area contributed by atoms with E-state index in [1.807, 2.05) is 18.2 Å². The molecule has 0 aliphatic rings. The number of hydrogen-bond donors (Lipinski definition) is 2. The molecule has 0 aliphatic heterocycles. The van der Waals surface area contributed by atoms with Gasteiger partial charge in [-0.15, -0.1) is 11.3 Å². The van der Waals surface area contributed by atoms with Crippen LogP contribution in [0.1, 0.15) is 20.8 Å². The van der Waals surface area contributed by atoms with Crippen LogP contribution in [0.5, 0.6) is 0 Å². The van der Waals surface area contributed by atoms with Crippen molar-refractivity contribution in [2.45, 2.75) is 26.4 Å². The molecule has 2 aromatic rings. The van der Waals surface area contributed by atoms with Crippen LogP contribution in [0.2, 0.25) is 4.34 Å².